The number of nitrogens with zero attached hydrogens (tertiary/aromatic N) is 2. The van der Waals surface area contributed by atoms with E-state index in [-0.39, 0.29) is 5.92 Å². The lowest BCUT2D eigenvalue weighted by atomic mass is 9.85. The van der Waals surface area contributed by atoms with Gasteiger partial charge in [-0.2, -0.15) is 5.10 Å². The second-order valence-corrected chi connectivity index (χ2v) is 5.69. The van der Waals surface area contributed by atoms with Gasteiger partial charge in [-0.1, -0.05) is 50.6 Å². The highest BCUT2D eigenvalue weighted by atomic mass is 32.1. The molecule has 4 nitrogen and oxygen atoms in total. The van der Waals surface area contributed by atoms with Crippen LogP contribution in [-0.2, 0) is 11.3 Å². The van der Waals surface area contributed by atoms with Crippen molar-refractivity contribution in [3.8, 4) is 0 Å². The maximum absolute atomic E-state index is 5.37. The number of H-pyrrole nitrogens is 1. The third kappa shape index (κ3) is 3.60. The van der Waals surface area contributed by atoms with Gasteiger partial charge in [0.2, 0.25) is 0 Å². The second-order valence-electron chi connectivity index (χ2n) is 5.31. The van der Waals surface area contributed by atoms with Crippen molar-refractivity contribution in [1.29, 1.82) is 0 Å². The van der Waals surface area contributed by atoms with Gasteiger partial charge in [0.05, 0.1) is 13.2 Å². The summed E-state index contributed by atoms with van der Waals surface area (Å²) in [5.41, 5.74) is 1.28. The van der Waals surface area contributed by atoms with Crippen molar-refractivity contribution in [3.63, 3.8) is 0 Å². The fourth-order valence-corrected chi connectivity index (χ4v) is 2.82. The van der Waals surface area contributed by atoms with Gasteiger partial charge in [0.25, 0.3) is 0 Å². The molecular weight excluding hydrogens is 282 g/mol. The lowest BCUT2D eigenvalue weighted by Crippen LogP contribution is -2.18. The highest BCUT2D eigenvalue weighted by Gasteiger charge is 2.25. The minimum atomic E-state index is 0.237. The molecule has 0 saturated heterocycles. The highest BCUT2D eigenvalue weighted by molar-refractivity contribution is 7.71. The molecule has 0 saturated carbocycles. The Morgan fingerprint density at radius 2 is 2.05 bits per heavy atom. The Bertz CT molecular complexity index is 605. The number of hydrogen-bond acceptors (Lipinski definition) is 3. The summed E-state index contributed by atoms with van der Waals surface area (Å²) in [6.07, 6.45) is 1.09. The largest absolute Gasteiger partial charge is 0.383 e. The molecule has 0 aliphatic rings. The van der Waals surface area contributed by atoms with Crippen LogP contribution in [0.4, 0.5) is 0 Å². The molecule has 114 valence electrons. The van der Waals surface area contributed by atoms with Crippen molar-refractivity contribution in [1.82, 2.24) is 14.8 Å². The summed E-state index contributed by atoms with van der Waals surface area (Å²) in [6, 6.07) is 10.5. The second kappa shape index (κ2) is 7.52. The van der Waals surface area contributed by atoms with E-state index in [9.17, 15) is 0 Å². The van der Waals surface area contributed by atoms with Crippen molar-refractivity contribution in [2.24, 2.45) is 5.92 Å². The van der Waals surface area contributed by atoms with Crippen molar-refractivity contribution in [2.75, 3.05) is 13.7 Å². The van der Waals surface area contributed by atoms with Gasteiger partial charge in [0, 0.05) is 13.0 Å². The van der Waals surface area contributed by atoms with Crippen LogP contribution in [0.2, 0.25) is 0 Å². The molecule has 21 heavy (non-hydrogen) atoms. The van der Waals surface area contributed by atoms with E-state index in [1.807, 2.05) is 6.07 Å². The molecule has 1 heterocycles. The number of rotatable bonds is 7. The van der Waals surface area contributed by atoms with Crippen molar-refractivity contribution < 1.29 is 4.74 Å². The Kier molecular flexibility index (Phi) is 5.70. The van der Waals surface area contributed by atoms with E-state index < -0.39 is 0 Å². The summed E-state index contributed by atoms with van der Waals surface area (Å²) in [6.45, 7) is 5.82. The number of aromatic amines is 1. The molecule has 2 aromatic rings. The predicted molar refractivity (Wildman–Crippen MR) is 87.0 cm³/mol. The molecule has 1 N–H and O–H groups in total. The summed E-state index contributed by atoms with van der Waals surface area (Å²) in [5, 5.41) is 7.44. The number of nitrogens with one attached hydrogen (secondary N) is 1. The first-order valence-electron chi connectivity index (χ1n) is 7.38. The Morgan fingerprint density at radius 1 is 1.33 bits per heavy atom. The lowest BCUT2D eigenvalue weighted by Gasteiger charge is -2.23. The monoisotopic (exact) mass is 305 g/mol. The van der Waals surface area contributed by atoms with Crippen LogP contribution in [0.5, 0.6) is 0 Å². The summed E-state index contributed by atoms with van der Waals surface area (Å²) in [7, 11) is 1.70. The van der Waals surface area contributed by atoms with Crippen LogP contribution in [0.15, 0.2) is 30.3 Å². The first-order chi connectivity index (χ1) is 10.2. The number of hydrogen-bond donors (Lipinski definition) is 1. The third-order valence-electron chi connectivity index (χ3n) is 3.96. The van der Waals surface area contributed by atoms with Gasteiger partial charge in [0.15, 0.2) is 4.77 Å². The van der Waals surface area contributed by atoms with Crippen LogP contribution in [0.3, 0.4) is 0 Å². The van der Waals surface area contributed by atoms with Gasteiger partial charge in [-0.15, -0.1) is 0 Å². The average Bonchev–Trinajstić information content (AvgIpc) is 2.87. The quantitative estimate of drug-likeness (QED) is 0.792. The van der Waals surface area contributed by atoms with E-state index in [1.54, 1.807) is 7.11 Å². The number of methoxy groups -OCH3 is 1. The molecule has 0 bridgehead atoms. The summed E-state index contributed by atoms with van der Waals surface area (Å²) in [4.78, 5) is 0. The zero-order chi connectivity index (χ0) is 15.2. The number of benzene rings is 1. The highest BCUT2D eigenvalue weighted by Crippen LogP contribution is 2.32. The Hall–Kier alpha value is -1.46. The Labute approximate surface area is 131 Å². The van der Waals surface area contributed by atoms with Crippen LogP contribution in [0, 0.1) is 10.7 Å². The fraction of sp³-hybridized carbons (Fsp3) is 0.500. The molecule has 0 aliphatic carbocycles. The zero-order valence-corrected chi connectivity index (χ0v) is 13.7. The number of ether oxygens (including phenoxy) is 1. The minimum absolute atomic E-state index is 0.237. The van der Waals surface area contributed by atoms with Gasteiger partial charge in [-0.25, -0.2) is 0 Å². The lowest BCUT2D eigenvalue weighted by molar-refractivity contribution is 0.185. The predicted octanol–water partition coefficient (Wildman–Crippen LogP) is 3.77. The number of aromatic nitrogens is 3. The van der Waals surface area contributed by atoms with E-state index in [2.05, 4.69) is 52.9 Å². The molecule has 0 amide bonds. The SMILES string of the molecule is CCC(C)C(c1ccccc1)c1n[nH]c(=S)n1CCOC. The van der Waals surface area contributed by atoms with Crippen LogP contribution in [0.25, 0.3) is 0 Å². The van der Waals surface area contributed by atoms with Gasteiger partial charge < -0.3 is 9.30 Å². The molecule has 0 spiro atoms. The van der Waals surface area contributed by atoms with Crippen molar-refractivity contribution in [3.05, 3.63) is 46.5 Å². The summed E-state index contributed by atoms with van der Waals surface area (Å²) >= 11 is 5.37. The minimum Gasteiger partial charge on any atom is -0.383 e. The van der Waals surface area contributed by atoms with E-state index in [0.717, 1.165) is 18.8 Å². The van der Waals surface area contributed by atoms with Crippen LogP contribution in [0.1, 0.15) is 37.6 Å². The van der Waals surface area contributed by atoms with Gasteiger partial charge in [0.1, 0.15) is 5.82 Å². The standard InChI is InChI=1S/C16H23N3OS/c1-4-12(2)14(13-8-6-5-7-9-13)15-17-18-16(21)19(15)10-11-20-3/h5-9,12,14H,4,10-11H2,1-3H3,(H,18,21). The normalized spacial score (nSPS) is 14.0. The Morgan fingerprint density at radius 3 is 2.67 bits per heavy atom. The third-order valence-corrected chi connectivity index (χ3v) is 4.27. The first kappa shape index (κ1) is 15.9. The molecule has 1 aromatic heterocycles. The summed E-state index contributed by atoms with van der Waals surface area (Å²) < 4.78 is 7.91. The Balaban J connectivity index is 2.45. The molecule has 0 fully saturated rings. The maximum Gasteiger partial charge on any atom is 0.195 e. The average molecular weight is 305 g/mol. The zero-order valence-electron chi connectivity index (χ0n) is 12.9. The van der Waals surface area contributed by atoms with E-state index in [4.69, 9.17) is 17.0 Å². The van der Waals surface area contributed by atoms with Crippen molar-refractivity contribution >= 4 is 12.2 Å². The molecule has 5 heteroatoms. The van der Waals surface area contributed by atoms with Gasteiger partial charge in [-0.05, 0) is 23.7 Å². The first-order valence-corrected chi connectivity index (χ1v) is 7.78. The van der Waals surface area contributed by atoms with Crippen LogP contribution < -0.4 is 0 Å². The van der Waals surface area contributed by atoms with E-state index in [1.165, 1.54) is 5.56 Å². The van der Waals surface area contributed by atoms with E-state index in [0.29, 0.717) is 17.3 Å². The molecule has 2 unspecified atom stereocenters. The summed E-state index contributed by atoms with van der Waals surface area (Å²) in [5.74, 6) is 1.72. The topological polar surface area (TPSA) is 42.8 Å². The molecule has 2 rings (SSSR count). The van der Waals surface area contributed by atoms with Crippen molar-refractivity contribution in [2.45, 2.75) is 32.7 Å². The molecule has 2 atom stereocenters. The molecule has 0 radical (unpaired) electrons. The molecule has 1 aromatic carbocycles. The van der Waals surface area contributed by atoms with Crippen LogP contribution >= 0.6 is 12.2 Å². The fourth-order valence-electron chi connectivity index (χ4n) is 2.59. The molecule has 0 aliphatic heterocycles. The van der Waals surface area contributed by atoms with Gasteiger partial charge >= 0.3 is 0 Å². The smallest absolute Gasteiger partial charge is 0.195 e. The van der Waals surface area contributed by atoms with Gasteiger partial charge in [-0.3, -0.25) is 5.10 Å². The molecular formula is C16H23N3OS. The van der Waals surface area contributed by atoms with Crippen LogP contribution in [-0.4, -0.2) is 28.5 Å². The maximum atomic E-state index is 5.37. The van der Waals surface area contributed by atoms with E-state index >= 15 is 0 Å².